The maximum atomic E-state index is 11.8. The van der Waals surface area contributed by atoms with E-state index < -0.39 is 5.97 Å². The van der Waals surface area contributed by atoms with E-state index in [1.807, 2.05) is 30.3 Å². The minimum atomic E-state index is -0.709. The molecule has 0 unspecified atom stereocenters. The van der Waals surface area contributed by atoms with E-state index in [1.54, 1.807) is 0 Å². The summed E-state index contributed by atoms with van der Waals surface area (Å²) < 4.78 is 6.08. The van der Waals surface area contributed by atoms with Gasteiger partial charge in [-0.25, -0.2) is 0 Å². The maximum Gasteiger partial charge on any atom is 0.309 e. The third-order valence-electron chi connectivity index (χ3n) is 4.53. The fourth-order valence-electron chi connectivity index (χ4n) is 3.03. The molecule has 1 rings (SSSR count). The molecule has 0 aliphatic rings. The highest BCUT2D eigenvalue weighted by atomic mass is 16.5. The third kappa shape index (κ3) is 8.49. The fourth-order valence-corrected chi connectivity index (χ4v) is 3.03. The van der Waals surface area contributed by atoms with Gasteiger partial charge in [-0.3, -0.25) is 4.79 Å². The standard InChI is InChI=1S/C21H34O3/c1-3-5-7-12-16-20(19(21(22)23)15-9-6-4-2)24-17-18-13-10-8-11-14-18/h8,10-11,13-14,19-20H,3-7,9,12,15-17H2,1-2H3,(H,22,23)/t19-,20+/m1/s1. The molecule has 2 atom stereocenters. The van der Waals surface area contributed by atoms with Gasteiger partial charge in [0, 0.05) is 0 Å². The van der Waals surface area contributed by atoms with E-state index in [9.17, 15) is 9.90 Å². The Kier molecular flexibility index (Phi) is 11.2. The molecule has 0 fully saturated rings. The van der Waals surface area contributed by atoms with Gasteiger partial charge in [-0.05, 0) is 18.4 Å². The van der Waals surface area contributed by atoms with Crippen molar-refractivity contribution >= 4 is 5.97 Å². The summed E-state index contributed by atoms with van der Waals surface area (Å²) in [5, 5.41) is 9.66. The minimum absolute atomic E-state index is 0.184. The van der Waals surface area contributed by atoms with Crippen LogP contribution in [0.4, 0.5) is 0 Å². The highest BCUT2D eigenvalue weighted by Crippen LogP contribution is 2.23. The Balaban J connectivity index is 2.63. The Hall–Kier alpha value is -1.35. The first-order valence-electron chi connectivity index (χ1n) is 9.57. The van der Waals surface area contributed by atoms with Gasteiger partial charge in [0.2, 0.25) is 0 Å². The number of unbranched alkanes of at least 4 members (excludes halogenated alkanes) is 5. The molecule has 0 amide bonds. The quantitative estimate of drug-likeness (QED) is 0.436. The molecule has 24 heavy (non-hydrogen) atoms. The Bertz CT molecular complexity index is 430. The molecule has 1 N–H and O–H groups in total. The zero-order chi connectivity index (χ0) is 17.6. The van der Waals surface area contributed by atoms with Crippen LogP contribution in [-0.2, 0) is 16.1 Å². The van der Waals surface area contributed by atoms with Gasteiger partial charge in [0.15, 0.2) is 0 Å². The van der Waals surface area contributed by atoms with Crippen LogP contribution in [0, 0.1) is 5.92 Å². The summed E-state index contributed by atoms with van der Waals surface area (Å²) in [5.74, 6) is -1.10. The van der Waals surface area contributed by atoms with Crippen molar-refractivity contribution in [2.45, 2.75) is 84.3 Å². The number of hydrogen-bond acceptors (Lipinski definition) is 2. The topological polar surface area (TPSA) is 46.5 Å². The molecule has 0 aliphatic carbocycles. The number of ether oxygens (including phenoxy) is 1. The monoisotopic (exact) mass is 334 g/mol. The van der Waals surface area contributed by atoms with Gasteiger partial charge in [-0.1, -0.05) is 89.1 Å². The smallest absolute Gasteiger partial charge is 0.309 e. The van der Waals surface area contributed by atoms with E-state index >= 15 is 0 Å². The lowest BCUT2D eigenvalue weighted by Gasteiger charge is -2.25. The van der Waals surface area contributed by atoms with Gasteiger partial charge in [0.05, 0.1) is 18.6 Å². The second-order valence-electron chi connectivity index (χ2n) is 6.62. The predicted octanol–water partition coefficient (Wildman–Crippen LogP) is 5.82. The highest BCUT2D eigenvalue weighted by Gasteiger charge is 2.28. The number of carboxylic acid groups (broad SMARTS) is 1. The molecule has 0 bridgehead atoms. The molecule has 1 aromatic carbocycles. The summed E-state index contributed by atoms with van der Waals surface area (Å²) in [7, 11) is 0. The van der Waals surface area contributed by atoms with E-state index in [0.29, 0.717) is 6.61 Å². The lowest BCUT2D eigenvalue weighted by atomic mass is 9.91. The molecule has 3 heteroatoms. The van der Waals surface area contributed by atoms with Crippen molar-refractivity contribution in [2.75, 3.05) is 0 Å². The Morgan fingerprint density at radius 1 is 0.958 bits per heavy atom. The number of benzene rings is 1. The van der Waals surface area contributed by atoms with Crippen LogP contribution in [-0.4, -0.2) is 17.2 Å². The van der Waals surface area contributed by atoms with Crippen molar-refractivity contribution in [3.8, 4) is 0 Å². The fraction of sp³-hybridized carbons (Fsp3) is 0.667. The van der Waals surface area contributed by atoms with Crippen LogP contribution in [0.25, 0.3) is 0 Å². The first kappa shape index (κ1) is 20.7. The number of aliphatic carboxylic acids is 1. The van der Waals surface area contributed by atoms with Gasteiger partial charge in [0.1, 0.15) is 0 Å². The van der Waals surface area contributed by atoms with Crippen molar-refractivity contribution in [2.24, 2.45) is 5.92 Å². The van der Waals surface area contributed by atoms with E-state index in [2.05, 4.69) is 13.8 Å². The van der Waals surface area contributed by atoms with Gasteiger partial charge in [-0.15, -0.1) is 0 Å². The summed E-state index contributed by atoms with van der Waals surface area (Å²) in [6.07, 6.45) is 9.14. The average molecular weight is 335 g/mol. The number of carboxylic acids is 1. The summed E-state index contributed by atoms with van der Waals surface area (Å²) >= 11 is 0. The third-order valence-corrected chi connectivity index (χ3v) is 4.53. The molecule has 0 radical (unpaired) electrons. The number of hydrogen-bond donors (Lipinski definition) is 1. The molecule has 0 spiro atoms. The van der Waals surface area contributed by atoms with Gasteiger partial charge >= 0.3 is 5.97 Å². The second kappa shape index (κ2) is 13.0. The lowest BCUT2D eigenvalue weighted by Crippen LogP contribution is -2.31. The first-order chi connectivity index (χ1) is 11.7. The summed E-state index contributed by atoms with van der Waals surface area (Å²) in [6, 6.07) is 10.0. The lowest BCUT2D eigenvalue weighted by molar-refractivity contribution is -0.149. The zero-order valence-corrected chi connectivity index (χ0v) is 15.4. The van der Waals surface area contributed by atoms with E-state index in [4.69, 9.17) is 4.74 Å². The largest absolute Gasteiger partial charge is 0.481 e. The SMILES string of the molecule is CCCCCC[C@H](OCc1ccccc1)[C@@H](CCCCC)C(=O)O. The Morgan fingerprint density at radius 3 is 2.21 bits per heavy atom. The summed E-state index contributed by atoms with van der Waals surface area (Å²) in [6.45, 7) is 4.83. The van der Waals surface area contributed by atoms with Crippen LogP contribution < -0.4 is 0 Å². The normalized spacial score (nSPS) is 13.6. The van der Waals surface area contributed by atoms with Crippen molar-refractivity contribution in [3.05, 3.63) is 35.9 Å². The molecular weight excluding hydrogens is 300 g/mol. The van der Waals surface area contributed by atoms with Crippen LogP contribution in [0.2, 0.25) is 0 Å². The van der Waals surface area contributed by atoms with Crippen LogP contribution in [0.3, 0.4) is 0 Å². The zero-order valence-electron chi connectivity index (χ0n) is 15.4. The van der Waals surface area contributed by atoms with Gasteiger partial charge in [-0.2, -0.15) is 0 Å². The maximum absolute atomic E-state index is 11.8. The molecule has 0 saturated carbocycles. The van der Waals surface area contributed by atoms with Crippen LogP contribution >= 0.6 is 0 Å². The van der Waals surface area contributed by atoms with Crippen molar-refractivity contribution < 1.29 is 14.6 Å². The predicted molar refractivity (Wildman–Crippen MR) is 99.0 cm³/mol. The van der Waals surface area contributed by atoms with Crippen LogP contribution in [0.1, 0.15) is 77.2 Å². The first-order valence-corrected chi connectivity index (χ1v) is 9.57. The van der Waals surface area contributed by atoms with Crippen molar-refractivity contribution in [1.82, 2.24) is 0 Å². The molecule has 0 aliphatic heterocycles. The van der Waals surface area contributed by atoms with Crippen LogP contribution in [0.5, 0.6) is 0 Å². The van der Waals surface area contributed by atoms with E-state index in [-0.39, 0.29) is 12.0 Å². The molecule has 0 saturated heterocycles. The minimum Gasteiger partial charge on any atom is -0.481 e. The van der Waals surface area contributed by atoms with Crippen LogP contribution in [0.15, 0.2) is 30.3 Å². The van der Waals surface area contributed by atoms with Gasteiger partial charge in [0.25, 0.3) is 0 Å². The number of carbonyl (C=O) groups is 1. The van der Waals surface area contributed by atoms with E-state index in [1.165, 1.54) is 12.8 Å². The Labute approximate surface area is 147 Å². The molecule has 0 aromatic heterocycles. The molecular formula is C21H34O3. The molecule has 0 heterocycles. The molecule has 1 aromatic rings. The molecule has 3 nitrogen and oxygen atoms in total. The summed E-state index contributed by atoms with van der Waals surface area (Å²) in [4.78, 5) is 11.8. The number of rotatable bonds is 14. The average Bonchev–Trinajstić information content (AvgIpc) is 2.59. The second-order valence-corrected chi connectivity index (χ2v) is 6.62. The van der Waals surface area contributed by atoms with Crippen molar-refractivity contribution in [1.29, 1.82) is 0 Å². The highest BCUT2D eigenvalue weighted by molar-refractivity contribution is 5.70. The van der Waals surface area contributed by atoms with Crippen molar-refractivity contribution in [3.63, 3.8) is 0 Å². The van der Waals surface area contributed by atoms with Gasteiger partial charge < -0.3 is 9.84 Å². The molecule has 136 valence electrons. The summed E-state index contributed by atoms with van der Waals surface area (Å²) in [5.41, 5.74) is 1.11. The van der Waals surface area contributed by atoms with E-state index in [0.717, 1.165) is 50.5 Å². The Morgan fingerprint density at radius 2 is 1.58 bits per heavy atom.